The second-order valence-electron chi connectivity index (χ2n) is 5.11. The number of benzene rings is 1. The maximum atomic E-state index is 12.6. The molecule has 7 heteroatoms. The predicted octanol–water partition coefficient (Wildman–Crippen LogP) is 4.56. The van der Waals surface area contributed by atoms with Gasteiger partial charge in [-0.15, -0.1) is 0 Å². The molecule has 0 radical (unpaired) electrons. The Balaban J connectivity index is 2.40. The molecule has 1 aromatic carbocycles. The largest absolute Gasteiger partial charge is 0.490 e. The molecule has 1 aliphatic rings. The highest BCUT2D eigenvalue weighted by molar-refractivity contribution is 9.10. The molecule has 0 aliphatic carbocycles. The van der Waals surface area contributed by atoms with E-state index in [9.17, 15) is 4.79 Å². The third-order valence-electron chi connectivity index (χ3n) is 3.42. The van der Waals surface area contributed by atoms with E-state index in [1.165, 1.54) is 11.8 Å². The minimum absolute atomic E-state index is 0.0114. The highest BCUT2D eigenvalue weighted by atomic mass is 79.9. The van der Waals surface area contributed by atoms with Gasteiger partial charge in [0.25, 0.3) is 5.91 Å². The monoisotopic (exact) mass is 426 g/mol. The van der Waals surface area contributed by atoms with E-state index < -0.39 is 0 Å². The molecule has 1 aliphatic heterocycles. The Morgan fingerprint density at radius 3 is 2.52 bits per heavy atom. The summed E-state index contributed by atoms with van der Waals surface area (Å²) < 4.78 is 12.2. The van der Waals surface area contributed by atoms with Crippen LogP contribution in [0.1, 0.15) is 33.3 Å². The molecule has 0 unspecified atom stereocenters. The van der Waals surface area contributed by atoms with Crippen LogP contribution in [-0.4, -0.2) is 42.3 Å². The van der Waals surface area contributed by atoms with Crippen molar-refractivity contribution in [2.45, 2.75) is 27.7 Å². The smallest absolute Gasteiger partial charge is 0.266 e. The number of carbonyl (C=O) groups is 1. The van der Waals surface area contributed by atoms with Gasteiger partial charge in [-0.3, -0.25) is 14.7 Å². The van der Waals surface area contributed by atoms with E-state index in [-0.39, 0.29) is 5.91 Å². The van der Waals surface area contributed by atoms with Gasteiger partial charge in [-0.1, -0.05) is 0 Å². The number of likely N-dealkylation sites (N-methyl/N-ethyl adjacent to an activating group) is 1. The standard InChI is InChI=1S/C18H23BrN2O3S/c1-5-20-18-21(6-2)17(22)15(25-18)11-12-9-13(19)16(24-8-4)14(10-12)23-7-3/h9-11H,5-8H2,1-4H3/b15-11+,20-18?. The van der Waals surface area contributed by atoms with Gasteiger partial charge in [0.15, 0.2) is 16.7 Å². The summed E-state index contributed by atoms with van der Waals surface area (Å²) in [6.45, 7) is 10.1. The summed E-state index contributed by atoms with van der Waals surface area (Å²) in [6.07, 6.45) is 1.87. The fraction of sp³-hybridized carbons (Fsp3) is 0.444. The average Bonchev–Trinajstić information content (AvgIpc) is 2.86. The Morgan fingerprint density at radius 1 is 1.20 bits per heavy atom. The van der Waals surface area contributed by atoms with Crippen molar-refractivity contribution >= 4 is 44.8 Å². The zero-order chi connectivity index (χ0) is 18.4. The summed E-state index contributed by atoms with van der Waals surface area (Å²) in [5, 5.41) is 0.760. The van der Waals surface area contributed by atoms with Crippen LogP contribution in [0.5, 0.6) is 11.5 Å². The van der Waals surface area contributed by atoms with E-state index in [1.54, 1.807) is 4.90 Å². The van der Waals surface area contributed by atoms with Crippen molar-refractivity contribution in [3.05, 3.63) is 27.1 Å². The minimum Gasteiger partial charge on any atom is -0.490 e. The van der Waals surface area contributed by atoms with Gasteiger partial charge in [0.1, 0.15) is 0 Å². The fourth-order valence-corrected chi connectivity index (χ4v) is 4.09. The maximum Gasteiger partial charge on any atom is 0.266 e. The van der Waals surface area contributed by atoms with Crippen LogP contribution in [0.3, 0.4) is 0 Å². The van der Waals surface area contributed by atoms with Crippen LogP contribution in [0.15, 0.2) is 26.5 Å². The maximum absolute atomic E-state index is 12.6. The lowest BCUT2D eigenvalue weighted by molar-refractivity contribution is -0.122. The van der Waals surface area contributed by atoms with Gasteiger partial charge >= 0.3 is 0 Å². The van der Waals surface area contributed by atoms with Crippen LogP contribution in [0, 0.1) is 0 Å². The SMILES string of the molecule is CCN=C1S/C(=C/c2cc(Br)c(OCC)c(OCC)c2)C(=O)N1CC. The van der Waals surface area contributed by atoms with E-state index in [0.29, 0.717) is 42.7 Å². The molecule has 1 saturated heterocycles. The summed E-state index contributed by atoms with van der Waals surface area (Å²) in [7, 11) is 0. The quantitative estimate of drug-likeness (QED) is 0.599. The number of rotatable bonds is 7. The molecule has 25 heavy (non-hydrogen) atoms. The average molecular weight is 427 g/mol. The number of amides is 1. The highest BCUT2D eigenvalue weighted by Gasteiger charge is 2.31. The Morgan fingerprint density at radius 2 is 1.92 bits per heavy atom. The minimum atomic E-state index is -0.0114. The zero-order valence-corrected chi connectivity index (χ0v) is 17.4. The second-order valence-corrected chi connectivity index (χ2v) is 6.98. The first kappa shape index (κ1) is 19.8. The molecular formula is C18H23BrN2O3S. The molecular weight excluding hydrogens is 404 g/mol. The number of carbonyl (C=O) groups excluding carboxylic acids is 1. The Bertz CT molecular complexity index is 704. The molecule has 0 aromatic heterocycles. The van der Waals surface area contributed by atoms with Crippen molar-refractivity contribution in [2.24, 2.45) is 4.99 Å². The first-order chi connectivity index (χ1) is 12.0. The molecule has 0 N–H and O–H groups in total. The molecule has 1 amide bonds. The Hall–Kier alpha value is -1.47. The molecule has 0 atom stereocenters. The molecule has 0 saturated carbocycles. The molecule has 2 rings (SSSR count). The van der Waals surface area contributed by atoms with Crippen LogP contribution in [0.2, 0.25) is 0 Å². The summed E-state index contributed by atoms with van der Waals surface area (Å²) in [5.74, 6) is 1.33. The number of halogens is 1. The molecule has 0 bridgehead atoms. The number of nitrogens with zero attached hydrogens (tertiary/aromatic N) is 2. The van der Waals surface area contributed by atoms with E-state index in [1.807, 2.05) is 45.9 Å². The van der Waals surface area contributed by atoms with Gasteiger partial charge in [-0.25, -0.2) is 0 Å². The van der Waals surface area contributed by atoms with Crippen molar-refractivity contribution < 1.29 is 14.3 Å². The van der Waals surface area contributed by atoms with Crippen LogP contribution in [-0.2, 0) is 4.79 Å². The van der Waals surface area contributed by atoms with Gasteiger partial charge in [0.2, 0.25) is 0 Å². The Kier molecular flexibility index (Phi) is 7.38. The van der Waals surface area contributed by atoms with Gasteiger partial charge in [0.05, 0.1) is 22.6 Å². The first-order valence-electron chi connectivity index (χ1n) is 8.40. The number of ether oxygens (including phenoxy) is 2. The number of aliphatic imine (C=N–C) groups is 1. The number of hydrogen-bond acceptors (Lipinski definition) is 5. The highest BCUT2D eigenvalue weighted by Crippen LogP contribution is 2.39. The van der Waals surface area contributed by atoms with Crippen molar-refractivity contribution in [3.8, 4) is 11.5 Å². The topological polar surface area (TPSA) is 51.1 Å². The van der Waals surface area contributed by atoms with Crippen LogP contribution in [0.25, 0.3) is 6.08 Å². The number of amidine groups is 1. The zero-order valence-electron chi connectivity index (χ0n) is 15.0. The fourth-order valence-electron chi connectivity index (χ4n) is 2.41. The summed E-state index contributed by atoms with van der Waals surface area (Å²) in [6, 6.07) is 3.82. The predicted molar refractivity (Wildman–Crippen MR) is 107 cm³/mol. The van der Waals surface area contributed by atoms with Crippen LogP contribution < -0.4 is 9.47 Å². The van der Waals surface area contributed by atoms with Crippen molar-refractivity contribution in [2.75, 3.05) is 26.3 Å². The summed E-state index contributed by atoms with van der Waals surface area (Å²) >= 11 is 4.95. The van der Waals surface area contributed by atoms with Gasteiger partial charge in [0, 0.05) is 13.1 Å². The molecule has 1 heterocycles. The lowest BCUT2D eigenvalue weighted by atomic mass is 10.2. The summed E-state index contributed by atoms with van der Waals surface area (Å²) in [5.41, 5.74) is 0.878. The summed E-state index contributed by atoms with van der Waals surface area (Å²) in [4.78, 5) is 19.4. The van der Waals surface area contributed by atoms with Gasteiger partial charge in [-0.05, 0) is 79.2 Å². The third-order valence-corrected chi connectivity index (χ3v) is 5.05. The van der Waals surface area contributed by atoms with E-state index in [4.69, 9.17) is 9.47 Å². The van der Waals surface area contributed by atoms with Crippen molar-refractivity contribution in [1.82, 2.24) is 4.90 Å². The number of thioether (sulfide) groups is 1. The number of hydrogen-bond donors (Lipinski definition) is 0. The first-order valence-corrected chi connectivity index (χ1v) is 10.0. The molecule has 136 valence electrons. The second kappa shape index (κ2) is 9.29. The van der Waals surface area contributed by atoms with Gasteiger partial charge < -0.3 is 9.47 Å². The molecule has 0 spiro atoms. The van der Waals surface area contributed by atoms with Crippen molar-refractivity contribution in [1.29, 1.82) is 0 Å². The third kappa shape index (κ3) is 4.58. The molecule has 5 nitrogen and oxygen atoms in total. The molecule has 1 aromatic rings. The van der Waals surface area contributed by atoms with Crippen LogP contribution in [0.4, 0.5) is 0 Å². The van der Waals surface area contributed by atoms with E-state index in [2.05, 4.69) is 20.9 Å². The van der Waals surface area contributed by atoms with E-state index >= 15 is 0 Å². The lowest BCUT2D eigenvalue weighted by Gasteiger charge is -2.13. The Labute approximate surface area is 161 Å². The van der Waals surface area contributed by atoms with Gasteiger partial charge in [-0.2, -0.15) is 0 Å². The normalized spacial score (nSPS) is 17.6. The van der Waals surface area contributed by atoms with E-state index in [0.717, 1.165) is 15.2 Å². The lowest BCUT2D eigenvalue weighted by Crippen LogP contribution is -2.28. The van der Waals surface area contributed by atoms with Crippen molar-refractivity contribution in [3.63, 3.8) is 0 Å². The molecule has 1 fully saturated rings. The van der Waals surface area contributed by atoms with Crippen LogP contribution >= 0.6 is 27.7 Å².